The first-order valence-corrected chi connectivity index (χ1v) is 8.05. The van der Waals surface area contributed by atoms with E-state index in [2.05, 4.69) is 43.0 Å². The molecule has 0 N–H and O–H groups in total. The van der Waals surface area contributed by atoms with Gasteiger partial charge < -0.3 is 9.26 Å². The molecule has 0 aliphatic heterocycles. The summed E-state index contributed by atoms with van der Waals surface area (Å²) >= 11 is 0. The topological polar surface area (TPSA) is 48.2 Å². The average Bonchev–Trinajstić information content (AvgIpc) is 3.02. The summed E-state index contributed by atoms with van der Waals surface area (Å²) in [5.74, 6) is 1.85. The van der Waals surface area contributed by atoms with Crippen LogP contribution in [0.25, 0.3) is 11.4 Å². The van der Waals surface area contributed by atoms with Gasteiger partial charge in [-0.1, -0.05) is 62.3 Å². The Balaban J connectivity index is 1.67. The number of aryl methyl sites for hydroxylation is 1. The predicted octanol–water partition coefficient (Wildman–Crippen LogP) is 4.92. The Hall–Kier alpha value is -2.62. The molecule has 1 aromatic heterocycles. The zero-order valence-corrected chi connectivity index (χ0v) is 14.5. The van der Waals surface area contributed by atoms with Crippen LogP contribution in [0.2, 0.25) is 0 Å². The minimum Gasteiger partial charge on any atom is -0.484 e. The molecule has 0 aliphatic rings. The Labute approximate surface area is 142 Å². The molecule has 4 heteroatoms. The number of hydrogen-bond acceptors (Lipinski definition) is 4. The van der Waals surface area contributed by atoms with Crippen LogP contribution in [0.4, 0.5) is 0 Å². The fourth-order valence-electron chi connectivity index (χ4n) is 2.44. The molecule has 124 valence electrons. The third-order valence-electron chi connectivity index (χ3n) is 3.94. The summed E-state index contributed by atoms with van der Waals surface area (Å²) < 4.78 is 11.0. The second kappa shape index (κ2) is 6.48. The Morgan fingerprint density at radius 3 is 2.38 bits per heavy atom. The standard InChI is InChI=1S/C20H22N2O2/c1-14-7-5-6-8-17(14)19-21-18(24-22-19)13-23-16-11-9-15(10-12-16)20(2,3)4/h5-12H,13H2,1-4H3. The molecule has 2 aromatic carbocycles. The second-order valence-corrected chi connectivity index (χ2v) is 6.89. The molecule has 0 fully saturated rings. The Morgan fingerprint density at radius 2 is 1.71 bits per heavy atom. The van der Waals surface area contributed by atoms with Crippen LogP contribution >= 0.6 is 0 Å². The fourth-order valence-corrected chi connectivity index (χ4v) is 2.44. The van der Waals surface area contributed by atoms with Crippen LogP contribution in [0.1, 0.15) is 37.8 Å². The molecule has 24 heavy (non-hydrogen) atoms. The maximum atomic E-state index is 5.74. The highest BCUT2D eigenvalue weighted by Crippen LogP contribution is 2.25. The first-order chi connectivity index (χ1) is 11.4. The number of benzene rings is 2. The lowest BCUT2D eigenvalue weighted by Crippen LogP contribution is -2.10. The van der Waals surface area contributed by atoms with Crippen molar-refractivity contribution in [1.29, 1.82) is 0 Å². The summed E-state index contributed by atoms with van der Waals surface area (Å²) in [7, 11) is 0. The van der Waals surface area contributed by atoms with E-state index in [0.717, 1.165) is 16.9 Å². The Morgan fingerprint density at radius 1 is 1.00 bits per heavy atom. The van der Waals surface area contributed by atoms with Crippen molar-refractivity contribution in [3.63, 3.8) is 0 Å². The van der Waals surface area contributed by atoms with Crippen LogP contribution in [0.15, 0.2) is 53.1 Å². The molecular weight excluding hydrogens is 300 g/mol. The van der Waals surface area contributed by atoms with E-state index in [4.69, 9.17) is 9.26 Å². The van der Waals surface area contributed by atoms with Gasteiger partial charge in [0.1, 0.15) is 5.75 Å². The lowest BCUT2D eigenvalue weighted by molar-refractivity contribution is 0.243. The van der Waals surface area contributed by atoms with Gasteiger partial charge in [-0.25, -0.2) is 0 Å². The van der Waals surface area contributed by atoms with E-state index in [1.54, 1.807) is 0 Å². The van der Waals surface area contributed by atoms with Crippen molar-refractivity contribution < 1.29 is 9.26 Å². The number of aromatic nitrogens is 2. The molecule has 3 rings (SSSR count). The summed E-state index contributed by atoms with van der Waals surface area (Å²) in [5.41, 5.74) is 3.49. The SMILES string of the molecule is Cc1ccccc1-c1noc(COc2ccc(C(C)(C)C)cc2)n1. The number of nitrogens with zero attached hydrogens (tertiary/aromatic N) is 2. The minimum atomic E-state index is 0.132. The van der Waals surface area contributed by atoms with E-state index < -0.39 is 0 Å². The largest absolute Gasteiger partial charge is 0.484 e. The molecule has 1 heterocycles. The molecule has 0 saturated carbocycles. The summed E-state index contributed by atoms with van der Waals surface area (Å²) in [4.78, 5) is 4.41. The Bertz CT molecular complexity index is 814. The van der Waals surface area contributed by atoms with E-state index >= 15 is 0 Å². The van der Waals surface area contributed by atoms with Gasteiger partial charge >= 0.3 is 0 Å². The van der Waals surface area contributed by atoms with Gasteiger partial charge in [0, 0.05) is 5.56 Å². The van der Waals surface area contributed by atoms with Crippen molar-refractivity contribution in [3.8, 4) is 17.1 Å². The van der Waals surface area contributed by atoms with E-state index in [9.17, 15) is 0 Å². The zero-order chi connectivity index (χ0) is 17.2. The van der Waals surface area contributed by atoms with Gasteiger partial charge in [0.2, 0.25) is 5.82 Å². The highest BCUT2D eigenvalue weighted by Gasteiger charge is 2.14. The van der Waals surface area contributed by atoms with Gasteiger partial charge in [-0.15, -0.1) is 0 Å². The summed E-state index contributed by atoms with van der Waals surface area (Å²) in [6.45, 7) is 8.85. The van der Waals surface area contributed by atoms with Gasteiger partial charge in [-0.2, -0.15) is 4.98 Å². The molecule has 0 unspecified atom stereocenters. The number of rotatable bonds is 4. The molecule has 0 radical (unpaired) electrons. The molecule has 0 bridgehead atoms. The van der Waals surface area contributed by atoms with Crippen LogP contribution in [-0.4, -0.2) is 10.1 Å². The van der Waals surface area contributed by atoms with Gasteiger partial charge in [0.25, 0.3) is 5.89 Å². The van der Waals surface area contributed by atoms with Crippen LogP contribution < -0.4 is 4.74 Å². The maximum Gasteiger partial charge on any atom is 0.264 e. The number of hydrogen-bond donors (Lipinski definition) is 0. The molecule has 0 atom stereocenters. The van der Waals surface area contributed by atoms with Crippen LogP contribution in [0, 0.1) is 6.92 Å². The summed E-state index contributed by atoms with van der Waals surface area (Å²) in [6.07, 6.45) is 0. The number of ether oxygens (including phenoxy) is 1. The molecular formula is C20H22N2O2. The quantitative estimate of drug-likeness (QED) is 0.684. The second-order valence-electron chi connectivity index (χ2n) is 6.89. The van der Waals surface area contributed by atoms with Crippen LogP contribution in [0.3, 0.4) is 0 Å². The Kier molecular flexibility index (Phi) is 4.38. The molecule has 0 amide bonds. The maximum absolute atomic E-state index is 5.74. The van der Waals surface area contributed by atoms with Crippen molar-refractivity contribution in [1.82, 2.24) is 10.1 Å². The summed E-state index contributed by atoms with van der Waals surface area (Å²) in [5, 5.41) is 4.04. The van der Waals surface area contributed by atoms with Gasteiger partial charge in [0.15, 0.2) is 6.61 Å². The average molecular weight is 322 g/mol. The molecule has 0 spiro atoms. The van der Waals surface area contributed by atoms with Crippen LogP contribution in [0.5, 0.6) is 5.75 Å². The first-order valence-electron chi connectivity index (χ1n) is 8.05. The molecule has 0 saturated heterocycles. The summed E-state index contributed by atoms with van der Waals surface area (Å²) in [6, 6.07) is 16.1. The lowest BCUT2D eigenvalue weighted by Gasteiger charge is -2.19. The monoisotopic (exact) mass is 322 g/mol. The van der Waals surface area contributed by atoms with Crippen LogP contribution in [-0.2, 0) is 12.0 Å². The van der Waals surface area contributed by atoms with Crippen molar-refractivity contribution in [2.45, 2.75) is 39.7 Å². The van der Waals surface area contributed by atoms with Crippen molar-refractivity contribution in [2.24, 2.45) is 0 Å². The fraction of sp³-hybridized carbons (Fsp3) is 0.300. The first kappa shape index (κ1) is 16.2. The van der Waals surface area contributed by atoms with Gasteiger partial charge in [-0.05, 0) is 35.6 Å². The van der Waals surface area contributed by atoms with E-state index in [1.165, 1.54) is 5.56 Å². The third-order valence-corrected chi connectivity index (χ3v) is 3.94. The minimum absolute atomic E-state index is 0.132. The van der Waals surface area contributed by atoms with Gasteiger partial charge in [-0.3, -0.25) is 0 Å². The van der Waals surface area contributed by atoms with Crippen molar-refractivity contribution in [3.05, 3.63) is 65.5 Å². The molecule has 3 aromatic rings. The molecule has 0 aliphatic carbocycles. The highest BCUT2D eigenvalue weighted by molar-refractivity contribution is 5.58. The molecule has 4 nitrogen and oxygen atoms in total. The van der Waals surface area contributed by atoms with Gasteiger partial charge in [0.05, 0.1) is 0 Å². The zero-order valence-electron chi connectivity index (χ0n) is 14.5. The third kappa shape index (κ3) is 3.65. The highest BCUT2D eigenvalue weighted by atomic mass is 16.5. The lowest BCUT2D eigenvalue weighted by atomic mass is 9.87. The van der Waals surface area contributed by atoms with Crippen molar-refractivity contribution in [2.75, 3.05) is 0 Å². The smallest absolute Gasteiger partial charge is 0.264 e. The van der Waals surface area contributed by atoms with E-state index in [1.807, 2.05) is 43.3 Å². The van der Waals surface area contributed by atoms with E-state index in [-0.39, 0.29) is 12.0 Å². The normalized spacial score (nSPS) is 11.5. The van der Waals surface area contributed by atoms with Crippen molar-refractivity contribution >= 4 is 0 Å². The predicted molar refractivity (Wildman–Crippen MR) is 93.9 cm³/mol. The van der Waals surface area contributed by atoms with E-state index in [0.29, 0.717) is 11.7 Å².